The number of rotatable bonds is 2. The summed E-state index contributed by atoms with van der Waals surface area (Å²) in [7, 11) is 1.65. The van der Waals surface area contributed by atoms with Gasteiger partial charge in [-0.15, -0.1) is 5.10 Å². The summed E-state index contributed by atoms with van der Waals surface area (Å²) in [5.41, 5.74) is 2.83. The molecule has 2 aromatic rings. The van der Waals surface area contributed by atoms with Crippen molar-refractivity contribution in [3.05, 3.63) is 53.1 Å². The zero-order chi connectivity index (χ0) is 15.8. The predicted molar refractivity (Wildman–Crippen MR) is 91.3 cm³/mol. The molecule has 5 nitrogen and oxygen atoms in total. The summed E-state index contributed by atoms with van der Waals surface area (Å²) in [5, 5.41) is 9.32. The molecule has 0 bridgehead atoms. The SMILES string of the molecule is COc1ccc(C2=NN=C3COc4ccc(Cl)cc4N3C2)cc1. The summed E-state index contributed by atoms with van der Waals surface area (Å²) < 4.78 is 10.9. The largest absolute Gasteiger partial charge is 0.497 e. The minimum Gasteiger partial charge on any atom is -0.497 e. The van der Waals surface area contributed by atoms with Crippen LogP contribution in [0.4, 0.5) is 5.69 Å². The van der Waals surface area contributed by atoms with Crippen molar-refractivity contribution in [3.8, 4) is 11.5 Å². The zero-order valence-electron chi connectivity index (χ0n) is 12.5. The van der Waals surface area contributed by atoms with Crippen LogP contribution in [0.2, 0.25) is 5.02 Å². The molecule has 0 saturated heterocycles. The van der Waals surface area contributed by atoms with Gasteiger partial charge in [0.25, 0.3) is 0 Å². The first-order chi connectivity index (χ1) is 11.2. The van der Waals surface area contributed by atoms with Crippen LogP contribution in [0.1, 0.15) is 5.56 Å². The third-order valence-corrected chi connectivity index (χ3v) is 4.13. The third kappa shape index (κ3) is 2.53. The van der Waals surface area contributed by atoms with Gasteiger partial charge in [-0.3, -0.25) is 0 Å². The topological polar surface area (TPSA) is 46.4 Å². The summed E-state index contributed by atoms with van der Waals surface area (Å²) in [6.07, 6.45) is 0. The van der Waals surface area contributed by atoms with Crippen molar-refractivity contribution in [2.45, 2.75) is 0 Å². The van der Waals surface area contributed by atoms with Crippen molar-refractivity contribution in [1.29, 1.82) is 0 Å². The Morgan fingerprint density at radius 2 is 1.96 bits per heavy atom. The van der Waals surface area contributed by atoms with E-state index in [2.05, 4.69) is 15.1 Å². The van der Waals surface area contributed by atoms with Crippen LogP contribution in [0.25, 0.3) is 0 Å². The van der Waals surface area contributed by atoms with Crippen LogP contribution in [0.15, 0.2) is 52.7 Å². The second kappa shape index (κ2) is 5.59. The van der Waals surface area contributed by atoms with Gasteiger partial charge in [0.15, 0.2) is 5.84 Å². The number of benzene rings is 2. The first-order valence-corrected chi connectivity index (χ1v) is 7.60. The van der Waals surface area contributed by atoms with Crippen molar-refractivity contribution in [1.82, 2.24) is 0 Å². The van der Waals surface area contributed by atoms with Gasteiger partial charge in [-0.1, -0.05) is 11.6 Å². The molecule has 2 aromatic carbocycles. The number of hydrogen-bond donors (Lipinski definition) is 0. The Labute approximate surface area is 138 Å². The standard InChI is InChI=1S/C17H14ClN3O2/c1-22-13-5-2-11(3-6-13)14-9-21-15-8-12(18)4-7-16(15)23-10-17(21)20-19-14/h2-8H,9-10H2,1H3. The van der Waals surface area contributed by atoms with E-state index < -0.39 is 0 Å². The Morgan fingerprint density at radius 3 is 2.74 bits per heavy atom. The summed E-state index contributed by atoms with van der Waals surface area (Å²) in [4.78, 5) is 2.09. The van der Waals surface area contributed by atoms with E-state index in [-0.39, 0.29) is 0 Å². The molecule has 2 aliphatic heterocycles. The minimum absolute atomic E-state index is 0.411. The maximum Gasteiger partial charge on any atom is 0.170 e. The molecule has 0 radical (unpaired) electrons. The van der Waals surface area contributed by atoms with Gasteiger partial charge in [0.2, 0.25) is 0 Å². The molecule has 23 heavy (non-hydrogen) atoms. The molecule has 0 saturated carbocycles. The highest BCUT2D eigenvalue weighted by Gasteiger charge is 2.28. The average Bonchev–Trinajstić information content (AvgIpc) is 2.61. The Bertz CT molecular complexity index is 815. The van der Waals surface area contributed by atoms with Crippen LogP contribution < -0.4 is 14.4 Å². The molecule has 6 heteroatoms. The van der Waals surface area contributed by atoms with Crippen LogP contribution in [-0.2, 0) is 0 Å². The van der Waals surface area contributed by atoms with Gasteiger partial charge in [-0.2, -0.15) is 5.10 Å². The summed E-state index contributed by atoms with van der Waals surface area (Å²) in [6.45, 7) is 1.04. The highest BCUT2D eigenvalue weighted by molar-refractivity contribution is 6.31. The number of hydrogen-bond acceptors (Lipinski definition) is 5. The van der Waals surface area contributed by atoms with Gasteiger partial charge in [0, 0.05) is 5.02 Å². The van der Waals surface area contributed by atoms with Gasteiger partial charge >= 0.3 is 0 Å². The fourth-order valence-electron chi connectivity index (χ4n) is 2.67. The number of anilines is 1. The Hall–Kier alpha value is -2.53. The molecule has 0 spiro atoms. The lowest BCUT2D eigenvalue weighted by Crippen LogP contribution is -2.44. The molecule has 0 N–H and O–H groups in total. The van der Waals surface area contributed by atoms with Crippen LogP contribution in [0.5, 0.6) is 11.5 Å². The molecule has 116 valence electrons. The van der Waals surface area contributed by atoms with E-state index in [0.29, 0.717) is 18.2 Å². The maximum atomic E-state index is 6.13. The van der Waals surface area contributed by atoms with E-state index in [0.717, 1.165) is 34.3 Å². The van der Waals surface area contributed by atoms with E-state index in [9.17, 15) is 0 Å². The molecule has 0 unspecified atom stereocenters. The Kier molecular flexibility index (Phi) is 3.42. The molecule has 0 amide bonds. The number of amidine groups is 1. The number of nitrogens with zero attached hydrogens (tertiary/aromatic N) is 3. The number of fused-ring (bicyclic) bond motifs is 3. The van der Waals surface area contributed by atoms with E-state index in [1.807, 2.05) is 42.5 Å². The average molecular weight is 328 g/mol. The first kappa shape index (κ1) is 14.1. The third-order valence-electron chi connectivity index (χ3n) is 3.90. The second-order valence-electron chi connectivity index (χ2n) is 5.28. The van der Waals surface area contributed by atoms with E-state index in [1.165, 1.54) is 0 Å². The Morgan fingerprint density at radius 1 is 1.13 bits per heavy atom. The van der Waals surface area contributed by atoms with Crippen LogP contribution >= 0.6 is 11.6 Å². The lowest BCUT2D eigenvalue weighted by molar-refractivity contribution is 0.366. The zero-order valence-corrected chi connectivity index (χ0v) is 13.2. The van der Waals surface area contributed by atoms with Crippen molar-refractivity contribution in [2.75, 3.05) is 25.2 Å². The summed E-state index contributed by atoms with van der Waals surface area (Å²) >= 11 is 6.13. The quantitative estimate of drug-likeness (QED) is 0.849. The maximum absolute atomic E-state index is 6.13. The molecule has 0 aromatic heterocycles. The fraction of sp³-hybridized carbons (Fsp3) is 0.176. The number of ether oxygens (including phenoxy) is 2. The van der Waals surface area contributed by atoms with Crippen LogP contribution in [0.3, 0.4) is 0 Å². The summed E-state index contributed by atoms with van der Waals surface area (Å²) in [5.74, 6) is 2.42. The molecule has 2 aliphatic rings. The van der Waals surface area contributed by atoms with Gasteiger partial charge in [-0.05, 0) is 48.0 Å². The van der Waals surface area contributed by atoms with E-state index >= 15 is 0 Å². The van der Waals surface area contributed by atoms with E-state index in [4.69, 9.17) is 21.1 Å². The normalized spacial score (nSPS) is 15.8. The highest BCUT2D eigenvalue weighted by Crippen LogP contribution is 2.35. The van der Waals surface area contributed by atoms with Crippen LogP contribution in [-0.4, -0.2) is 31.8 Å². The molecule has 2 heterocycles. The van der Waals surface area contributed by atoms with E-state index in [1.54, 1.807) is 7.11 Å². The smallest absolute Gasteiger partial charge is 0.170 e. The lowest BCUT2D eigenvalue weighted by Gasteiger charge is -2.33. The molecule has 0 fully saturated rings. The minimum atomic E-state index is 0.411. The number of halogens is 1. The van der Waals surface area contributed by atoms with Crippen molar-refractivity contribution in [2.24, 2.45) is 10.2 Å². The summed E-state index contributed by atoms with van der Waals surface area (Å²) in [6, 6.07) is 13.4. The molecule has 0 aliphatic carbocycles. The highest BCUT2D eigenvalue weighted by atomic mass is 35.5. The van der Waals surface area contributed by atoms with Gasteiger partial charge in [0.05, 0.1) is 25.1 Å². The Balaban J connectivity index is 1.69. The second-order valence-corrected chi connectivity index (χ2v) is 5.71. The molecular formula is C17H14ClN3O2. The van der Waals surface area contributed by atoms with Crippen molar-refractivity contribution < 1.29 is 9.47 Å². The molecular weight excluding hydrogens is 314 g/mol. The van der Waals surface area contributed by atoms with Crippen molar-refractivity contribution >= 4 is 28.8 Å². The first-order valence-electron chi connectivity index (χ1n) is 7.22. The van der Waals surface area contributed by atoms with Crippen LogP contribution in [0, 0.1) is 0 Å². The fourth-order valence-corrected chi connectivity index (χ4v) is 2.84. The van der Waals surface area contributed by atoms with Gasteiger partial charge < -0.3 is 14.4 Å². The predicted octanol–water partition coefficient (Wildman–Crippen LogP) is 3.36. The van der Waals surface area contributed by atoms with Crippen molar-refractivity contribution in [3.63, 3.8) is 0 Å². The molecule has 0 atom stereocenters. The van der Waals surface area contributed by atoms with Gasteiger partial charge in [-0.25, -0.2) is 0 Å². The number of methoxy groups -OCH3 is 1. The van der Waals surface area contributed by atoms with Gasteiger partial charge in [0.1, 0.15) is 18.1 Å². The lowest BCUT2D eigenvalue weighted by atomic mass is 10.1. The molecule has 4 rings (SSSR count). The monoisotopic (exact) mass is 327 g/mol.